The zero-order valence-electron chi connectivity index (χ0n) is 9.14. The van der Waals surface area contributed by atoms with E-state index < -0.39 is 12.0 Å². The molecule has 94 valence electrons. The van der Waals surface area contributed by atoms with Crippen molar-refractivity contribution < 1.29 is 9.90 Å². The first-order valence-corrected chi connectivity index (χ1v) is 5.27. The van der Waals surface area contributed by atoms with Crippen molar-refractivity contribution in [1.29, 1.82) is 0 Å². The maximum atomic E-state index is 10.6. The molecule has 8 nitrogen and oxygen atoms in total. The van der Waals surface area contributed by atoms with Gasteiger partial charge in [0, 0.05) is 6.54 Å². The summed E-state index contributed by atoms with van der Waals surface area (Å²) in [5.74, 6) is -0.366. The standard InChI is InChI=1S/C8H13ClN6O2/c1-2-11-7-13-6(9)14-8(15-7)12-3-4(16)5(10)17/h4,16H,2-3H2,1H3,(H2,10,17)(H2,11,12,13,14,15). The van der Waals surface area contributed by atoms with Gasteiger partial charge in [-0.15, -0.1) is 0 Å². The molecule has 0 aliphatic heterocycles. The third kappa shape index (κ3) is 4.37. The topological polar surface area (TPSA) is 126 Å². The highest BCUT2D eigenvalue weighted by Gasteiger charge is 2.11. The SMILES string of the molecule is CCNc1nc(Cl)nc(NCC(O)C(N)=O)n1. The van der Waals surface area contributed by atoms with Crippen LogP contribution in [0, 0.1) is 0 Å². The van der Waals surface area contributed by atoms with E-state index in [2.05, 4.69) is 25.6 Å². The molecule has 0 radical (unpaired) electrons. The van der Waals surface area contributed by atoms with Gasteiger partial charge in [0.05, 0.1) is 6.54 Å². The van der Waals surface area contributed by atoms with E-state index in [9.17, 15) is 9.90 Å². The van der Waals surface area contributed by atoms with E-state index in [1.807, 2.05) is 6.92 Å². The second-order valence-corrected chi connectivity index (χ2v) is 3.42. The van der Waals surface area contributed by atoms with Crippen molar-refractivity contribution in [2.75, 3.05) is 23.7 Å². The molecule has 0 spiro atoms. The van der Waals surface area contributed by atoms with Gasteiger partial charge in [-0.3, -0.25) is 4.79 Å². The third-order valence-corrected chi connectivity index (χ3v) is 1.89. The summed E-state index contributed by atoms with van der Waals surface area (Å²) in [7, 11) is 0. The van der Waals surface area contributed by atoms with Gasteiger partial charge in [0.25, 0.3) is 0 Å². The zero-order valence-corrected chi connectivity index (χ0v) is 9.90. The van der Waals surface area contributed by atoms with E-state index in [0.717, 1.165) is 0 Å². The summed E-state index contributed by atoms with van der Waals surface area (Å²) in [5, 5.41) is 14.7. The van der Waals surface area contributed by atoms with Gasteiger partial charge in [-0.1, -0.05) is 0 Å². The minimum absolute atomic E-state index is 0.00650. The molecular weight excluding hydrogens is 248 g/mol. The number of nitrogens with two attached hydrogens (primary N) is 1. The molecule has 1 atom stereocenters. The van der Waals surface area contributed by atoms with E-state index in [1.54, 1.807) is 0 Å². The second kappa shape index (κ2) is 6.16. The number of carbonyl (C=O) groups is 1. The van der Waals surface area contributed by atoms with Gasteiger partial charge in [-0.05, 0) is 18.5 Å². The summed E-state index contributed by atoms with van der Waals surface area (Å²) in [4.78, 5) is 22.2. The van der Waals surface area contributed by atoms with Crippen LogP contribution < -0.4 is 16.4 Å². The highest BCUT2D eigenvalue weighted by Crippen LogP contribution is 2.09. The Morgan fingerprint density at radius 1 is 1.41 bits per heavy atom. The van der Waals surface area contributed by atoms with E-state index in [1.165, 1.54) is 0 Å². The predicted molar refractivity (Wildman–Crippen MR) is 62.7 cm³/mol. The molecule has 0 aromatic carbocycles. The summed E-state index contributed by atoms with van der Waals surface area (Å²) in [6.45, 7) is 2.41. The van der Waals surface area contributed by atoms with Crippen LogP contribution in [0.5, 0.6) is 0 Å². The lowest BCUT2D eigenvalue weighted by atomic mass is 10.3. The fraction of sp³-hybridized carbons (Fsp3) is 0.500. The first-order chi connectivity index (χ1) is 8.02. The molecule has 1 aromatic heterocycles. The lowest BCUT2D eigenvalue weighted by Crippen LogP contribution is -2.34. The average Bonchev–Trinajstić information content (AvgIpc) is 2.25. The Kier molecular flexibility index (Phi) is 4.85. The molecule has 0 fully saturated rings. The number of hydrogen-bond acceptors (Lipinski definition) is 7. The first kappa shape index (κ1) is 13.4. The van der Waals surface area contributed by atoms with Crippen LogP contribution in [0.25, 0.3) is 0 Å². The lowest BCUT2D eigenvalue weighted by Gasteiger charge is -2.09. The van der Waals surface area contributed by atoms with Crippen molar-refractivity contribution in [3.8, 4) is 0 Å². The number of nitrogens with zero attached hydrogens (tertiary/aromatic N) is 3. The molecule has 1 amide bonds. The maximum Gasteiger partial charge on any atom is 0.248 e. The molecule has 1 aromatic rings. The average molecular weight is 261 g/mol. The van der Waals surface area contributed by atoms with Gasteiger partial charge < -0.3 is 21.5 Å². The van der Waals surface area contributed by atoms with Crippen molar-refractivity contribution >= 4 is 29.4 Å². The molecule has 5 N–H and O–H groups in total. The molecule has 1 unspecified atom stereocenters. The number of aliphatic hydroxyl groups excluding tert-OH is 1. The van der Waals surface area contributed by atoms with Crippen molar-refractivity contribution in [3.63, 3.8) is 0 Å². The van der Waals surface area contributed by atoms with Crippen LogP contribution in [0.1, 0.15) is 6.92 Å². The smallest absolute Gasteiger partial charge is 0.248 e. The number of hydrogen-bond donors (Lipinski definition) is 4. The Bertz CT molecular complexity index is 402. The Morgan fingerprint density at radius 2 is 2.00 bits per heavy atom. The molecule has 17 heavy (non-hydrogen) atoms. The van der Waals surface area contributed by atoms with Gasteiger partial charge >= 0.3 is 0 Å². The Hall–Kier alpha value is -1.67. The molecule has 0 bridgehead atoms. The Morgan fingerprint density at radius 3 is 2.53 bits per heavy atom. The molecule has 1 heterocycles. The number of carbonyl (C=O) groups excluding carboxylic acids is 1. The fourth-order valence-corrected chi connectivity index (χ4v) is 1.11. The summed E-state index contributed by atoms with van der Waals surface area (Å²) in [6.07, 6.45) is -1.31. The van der Waals surface area contributed by atoms with E-state index in [-0.39, 0.29) is 17.8 Å². The van der Waals surface area contributed by atoms with Gasteiger partial charge in [-0.2, -0.15) is 15.0 Å². The highest BCUT2D eigenvalue weighted by molar-refractivity contribution is 6.28. The minimum atomic E-state index is -1.31. The van der Waals surface area contributed by atoms with Crippen LogP contribution in [-0.2, 0) is 4.79 Å². The van der Waals surface area contributed by atoms with Gasteiger partial charge in [0.2, 0.25) is 23.1 Å². The highest BCUT2D eigenvalue weighted by atomic mass is 35.5. The maximum absolute atomic E-state index is 10.6. The summed E-state index contributed by atoms with van der Waals surface area (Å²) < 4.78 is 0. The number of halogens is 1. The zero-order chi connectivity index (χ0) is 12.8. The van der Waals surface area contributed by atoms with Crippen molar-refractivity contribution in [2.24, 2.45) is 5.73 Å². The fourth-order valence-electron chi connectivity index (χ4n) is 0.955. The number of aliphatic hydroxyl groups is 1. The van der Waals surface area contributed by atoms with E-state index in [0.29, 0.717) is 12.5 Å². The molecule has 0 aliphatic carbocycles. The first-order valence-electron chi connectivity index (χ1n) is 4.89. The van der Waals surface area contributed by atoms with Crippen molar-refractivity contribution in [1.82, 2.24) is 15.0 Å². The quantitative estimate of drug-likeness (QED) is 0.528. The second-order valence-electron chi connectivity index (χ2n) is 3.08. The molecule has 9 heteroatoms. The summed E-state index contributed by atoms with van der Waals surface area (Å²) >= 11 is 5.67. The van der Waals surface area contributed by atoms with Crippen molar-refractivity contribution in [3.05, 3.63) is 5.28 Å². The summed E-state index contributed by atoms with van der Waals surface area (Å²) in [6, 6.07) is 0. The predicted octanol–water partition coefficient (Wildman–Crippen LogP) is -0.785. The minimum Gasteiger partial charge on any atom is -0.381 e. The monoisotopic (exact) mass is 260 g/mol. The Balaban J connectivity index is 2.67. The number of amides is 1. The molecule has 1 rings (SSSR count). The van der Waals surface area contributed by atoms with Crippen LogP contribution >= 0.6 is 11.6 Å². The van der Waals surface area contributed by atoms with Crippen LogP contribution in [0.4, 0.5) is 11.9 Å². The van der Waals surface area contributed by atoms with Gasteiger partial charge in [-0.25, -0.2) is 0 Å². The van der Waals surface area contributed by atoms with Crippen LogP contribution in [0.15, 0.2) is 0 Å². The van der Waals surface area contributed by atoms with Gasteiger partial charge in [0.15, 0.2) is 0 Å². The number of aromatic nitrogens is 3. The van der Waals surface area contributed by atoms with E-state index >= 15 is 0 Å². The van der Waals surface area contributed by atoms with Crippen molar-refractivity contribution in [2.45, 2.75) is 13.0 Å². The third-order valence-electron chi connectivity index (χ3n) is 1.72. The Labute approximate surface area is 103 Å². The number of primary amides is 1. The number of rotatable bonds is 6. The number of anilines is 2. The normalized spacial score (nSPS) is 11.9. The number of nitrogens with one attached hydrogen (secondary N) is 2. The molecule has 0 aliphatic rings. The largest absolute Gasteiger partial charge is 0.381 e. The molecule has 0 saturated carbocycles. The van der Waals surface area contributed by atoms with Crippen LogP contribution in [0.3, 0.4) is 0 Å². The van der Waals surface area contributed by atoms with E-state index in [4.69, 9.17) is 17.3 Å². The van der Waals surface area contributed by atoms with Gasteiger partial charge in [0.1, 0.15) is 6.10 Å². The lowest BCUT2D eigenvalue weighted by molar-refractivity contribution is -0.125. The molecular formula is C8H13ClN6O2. The summed E-state index contributed by atoms with van der Waals surface area (Å²) in [5.41, 5.74) is 4.89. The van der Waals surface area contributed by atoms with Crippen LogP contribution in [0.2, 0.25) is 5.28 Å². The molecule has 0 saturated heterocycles. The van der Waals surface area contributed by atoms with Crippen LogP contribution in [-0.4, -0.2) is 45.2 Å².